The van der Waals surface area contributed by atoms with E-state index in [0.717, 1.165) is 11.3 Å². The lowest BCUT2D eigenvalue weighted by Crippen LogP contribution is -2.27. The van der Waals surface area contributed by atoms with E-state index < -0.39 is 5.41 Å². The number of benzene rings is 1. The van der Waals surface area contributed by atoms with Crippen LogP contribution < -0.4 is 9.47 Å². The SMILES string of the molecule is C=CCC1(CC=C)Cc2c(OC)ccc(OC)c2C1=O. The molecule has 0 atom stereocenters. The maximum atomic E-state index is 12.9. The van der Waals surface area contributed by atoms with E-state index in [-0.39, 0.29) is 5.78 Å². The third-order valence-electron chi connectivity index (χ3n) is 3.97. The van der Waals surface area contributed by atoms with Gasteiger partial charge in [0.05, 0.1) is 19.8 Å². The molecule has 0 heterocycles. The van der Waals surface area contributed by atoms with Gasteiger partial charge in [-0.2, -0.15) is 0 Å². The topological polar surface area (TPSA) is 35.5 Å². The molecule has 2 rings (SSSR count). The van der Waals surface area contributed by atoms with Crippen molar-refractivity contribution >= 4 is 5.78 Å². The fourth-order valence-electron chi connectivity index (χ4n) is 3.04. The van der Waals surface area contributed by atoms with Crippen LogP contribution >= 0.6 is 0 Å². The second-order valence-corrected chi connectivity index (χ2v) is 5.10. The Kier molecular flexibility index (Phi) is 3.98. The van der Waals surface area contributed by atoms with Crippen LogP contribution in [0, 0.1) is 5.41 Å². The lowest BCUT2D eigenvalue weighted by Gasteiger charge is -2.24. The zero-order chi connectivity index (χ0) is 14.8. The average Bonchev–Trinajstić information content (AvgIpc) is 2.73. The van der Waals surface area contributed by atoms with Crippen molar-refractivity contribution in [2.24, 2.45) is 5.41 Å². The smallest absolute Gasteiger partial charge is 0.174 e. The molecular formula is C17H20O3. The highest BCUT2D eigenvalue weighted by Crippen LogP contribution is 2.48. The molecule has 3 heteroatoms. The zero-order valence-corrected chi connectivity index (χ0v) is 12.1. The van der Waals surface area contributed by atoms with Crippen LogP contribution in [0.1, 0.15) is 28.8 Å². The van der Waals surface area contributed by atoms with Crippen molar-refractivity contribution in [3.8, 4) is 11.5 Å². The first kappa shape index (κ1) is 14.4. The monoisotopic (exact) mass is 272 g/mol. The van der Waals surface area contributed by atoms with E-state index >= 15 is 0 Å². The Morgan fingerprint density at radius 3 is 2.20 bits per heavy atom. The molecule has 1 aliphatic carbocycles. The zero-order valence-electron chi connectivity index (χ0n) is 12.1. The summed E-state index contributed by atoms with van der Waals surface area (Å²) in [7, 11) is 3.20. The Balaban J connectivity index is 2.60. The Hall–Kier alpha value is -2.03. The van der Waals surface area contributed by atoms with Crippen LogP contribution in [0.15, 0.2) is 37.4 Å². The number of ketones is 1. The predicted octanol–water partition coefficient (Wildman–Crippen LogP) is 3.58. The van der Waals surface area contributed by atoms with E-state index in [4.69, 9.17) is 9.47 Å². The Morgan fingerprint density at radius 2 is 1.70 bits per heavy atom. The summed E-state index contributed by atoms with van der Waals surface area (Å²) >= 11 is 0. The number of fused-ring (bicyclic) bond motifs is 1. The standard InChI is InChI=1S/C17H20O3/c1-5-9-17(10-6-2)11-12-13(19-3)7-8-14(20-4)15(12)16(17)18/h5-8H,1-2,9-11H2,3-4H3. The van der Waals surface area contributed by atoms with Crippen LogP contribution in [-0.4, -0.2) is 20.0 Å². The molecule has 0 amide bonds. The number of Topliss-reactive ketones (excluding diaryl/α,β-unsaturated/α-hetero) is 1. The maximum absolute atomic E-state index is 12.9. The molecule has 0 aromatic heterocycles. The lowest BCUT2D eigenvalue weighted by atomic mass is 9.77. The van der Waals surface area contributed by atoms with Gasteiger partial charge in [0.2, 0.25) is 0 Å². The molecule has 0 saturated heterocycles. The highest BCUT2D eigenvalue weighted by Gasteiger charge is 2.46. The van der Waals surface area contributed by atoms with Crippen molar-refractivity contribution in [1.82, 2.24) is 0 Å². The van der Waals surface area contributed by atoms with Crippen molar-refractivity contribution in [2.75, 3.05) is 14.2 Å². The molecule has 0 fully saturated rings. The molecule has 0 saturated carbocycles. The lowest BCUT2D eigenvalue weighted by molar-refractivity contribution is 0.0822. The van der Waals surface area contributed by atoms with Gasteiger partial charge in [0, 0.05) is 11.0 Å². The van der Waals surface area contributed by atoms with Gasteiger partial charge in [-0.1, -0.05) is 12.2 Å². The minimum atomic E-state index is -0.492. The molecule has 20 heavy (non-hydrogen) atoms. The number of carbonyl (C=O) groups is 1. The van der Waals surface area contributed by atoms with Gasteiger partial charge < -0.3 is 9.47 Å². The second kappa shape index (κ2) is 5.53. The molecule has 0 unspecified atom stereocenters. The van der Waals surface area contributed by atoms with Crippen molar-refractivity contribution < 1.29 is 14.3 Å². The predicted molar refractivity (Wildman–Crippen MR) is 79.6 cm³/mol. The Labute approximate surface area is 119 Å². The molecule has 0 bridgehead atoms. The maximum Gasteiger partial charge on any atom is 0.174 e. The van der Waals surface area contributed by atoms with E-state index in [1.165, 1.54) is 0 Å². The summed E-state index contributed by atoms with van der Waals surface area (Å²) in [5.41, 5.74) is 1.09. The fourth-order valence-corrected chi connectivity index (χ4v) is 3.04. The molecule has 0 N–H and O–H groups in total. The molecule has 1 aromatic rings. The van der Waals surface area contributed by atoms with E-state index in [1.54, 1.807) is 32.4 Å². The van der Waals surface area contributed by atoms with E-state index in [2.05, 4.69) is 13.2 Å². The van der Waals surface area contributed by atoms with Crippen LogP contribution in [0.3, 0.4) is 0 Å². The van der Waals surface area contributed by atoms with E-state index in [1.807, 2.05) is 6.07 Å². The van der Waals surface area contributed by atoms with Crippen LogP contribution in [0.4, 0.5) is 0 Å². The van der Waals surface area contributed by atoms with E-state index in [0.29, 0.717) is 30.6 Å². The largest absolute Gasteiger partial charge is 0.496 e. The molecule has 0 spiro atoms. The first-order valence-electron chi connectivity index (χ1n) is 6.64. The third kappa shape index (κ3) is 2.03. The van der Waals surface area contributed by atoms with Gasteiger partial charge in [-0.05, 0) is 31.4 Å². The van der Waals surface area contributed by atoms with Crippen molar-refractivity contribution in [2.45, 2.75) is 19.3 Å². The van der Waals surface area contributed by atoms with Crippen molar-refractivity contribution in [3.05, 3.63) is 48.6 Å². The van der Waals surface area contributed by atoms with Gasteiger partial charge in [0.25, 0.3) is 0 Å². The molecule has 106 valence electrons. The Bertz CT molecular complexity index is 548. The molecule has 0 aliphatic heterocycles. The summed E-state index contributed by atoms with van der Waals surface area (Å²) < 4.78 is 10.7. The number of hydrogen-bond donors (Lipinski definition) is 0. The van der Waals surface area contributed by atoms with Gasteiger partial charge in [-0.15, -0.1) is 13.2 Å². The number of rotatable bonds is 6. The van der Waals surface area contributed by atoms with Crippen LogP contribution in [0.25, 0.3) is 0 Å². The molecule has 0 radical (unpaired) electrons. The Morgan fingerprint density at radius 1 is 1.15 bits per heavy atom. The van der Waals surface area contributed by atoms with Gasteiger partial charge in [-0.25, -0.2) is 0 Å². The van der Waals surface area contributed by atoms with Gasteiger partial charge in [-0.3, -0.25) is 4.79 Å². The van der Waals surface area contributed by atoms with Crippen LogP contribution in [0.5, 0.6) is 11.5 Å². The van der Waals surface area contributed by atoms with E-state index in [9.17, 15) is 4.79 Å². The van der Waals surface area contributed by atoms with Crippen LogP contribution in [-0.2, 0) is 6.42 Å². The number of carbonyl (C=O) groups excluding carboxylic acids is 1. The number of allylic oxidation sites excluding steroid dienone is 2. The molecule has 3 nitrogen and oxygen atoms in total. The second-order valence-electron chi connectivity index (χ2n) is 5.10. The highest BCUT2D eigenvalue weighted by atomic mass is 16.5. The van der Waals surface area contributed by atoms with Crippen molar-refractivity contribution in [1.29, 1.82) is 0 Å². The molecule has 1 aliphatic rings. The van der Waals surface area contributed by atoms with Crippen LogP contribution in [0.2, 0.25) is 0 Å². The summed E-state index contributed by atoms with van der Waals surface area (Å²) in [6.07, 6.45) is 5.48. The summed E-state index contributed by atoms with van der Waals surface area (Å²) in [5, 5.41) is 0. The average molecular weight is 272 g/mol. The number of hydrogen-bond acceptors (Lipinski definition) is 3. The first-order chi connectivity index (χ1) is 9.63. The summed E-state index contributed by atoms with van der Waals surface area (Å²) in [6, 6.07) is 3.64. The van der Waals surface area contributed by atoms with Crippen molar-refractivity contribution in [3.63, 3.8) is 0 Å². The minimum Gasteiger partial charge on any atom is -0.496 e. The summed E-state index contributed by atoms with van der Waals surface area (Å²) in [6.45, 7) is 7.57. The summed E-state index contributed by atoms with van der Waals surface area (Å²) in [4.78, 5) is 12.9. The summed E-state index contributed by atoms with van der Waals surface area (Å²) in [5.74, 6) is 1.45. The van der Waals surface area contributed by atoms with Gasteiger partial charge in [0.15, 0.2) is 5.78 Å². The quantitative estimate of drug-likeness (QED) is 0.742. The number of methoxy groups -OCH3 is 2. The van der Waals surface area contributed by atoms with Gasteiger partial charge >= 0.3 is 0 Å². The molecule has 1 aromatic carbocycles. The third-order valence-corrected chi connectivity index (χ3v) is 3.97. The number of ether oxygens (including phenoxy) is 2. The first-order valence-corrected chi connectivity index (χ1v) is 6.64. The minimum absolute atomic E-state index is 0.100. The van der Waals surface area contributed by atoms with Gasteiger partial charge in [0.1, 0.15) is 11.5 Å². The molecular weight excluding hydrogens is 252 g/mol. The fraction of sp³-hybridized carbons (Fsp3) is 0.353. The highest BCUT2D eigenvalue weighted by molar-refractivity contribution is 6.08. The normalized spacial score (nSPS) is 15.6.